The van der Waals surface area contributed by atoms with Gasteiger partial charge in [-0.1, -0.05) is 0 Å². The van der Waals surface area contributed by atoms with Crippen LogP contribution in [0.1, 0.15) is 0 Å². The van der Waals surface area contributed by atoms with E-state index < -0.39 is 11.2 Å². The van der Waals surface area contributed by atoms with Crippen LogP contribution < -0.4 is 16.2 Å². The van der Waals surface area contributed by atoms with Crippen molar-refractivity contribution >= 4 is 0 Å². The second-order valence-electron chi connectivity index (χ2n) is 1.39. The normalized spacial score (nSPS) is 28.2. The van der Waals surface area contributed by atoms with Crippen LogP contribution in [0.5, 0.6) is 0 Å². The highest BCUT2D eigenvalue weighted by molar-refractivity contribution is 4.53. The maximum atomic E-state index is 9.84. The van der Waals surface area contributed by atoms with Crippen molar-refractivity contribution in [3.05, 3.63) is 10.1 Å². The van der Waals surface area contributed by atoms with E-state index in [0.29, 0.717) is 6.67 Å². The Hall–Kier alpha value is -0.720. The Morgan fingerprint density at radius 2 is 2.50 bits per heavy atom. The number of nitro groups is 1. The maximum Gasteiger partial charge on any atom is 0.336 e. The van der Waals surface area contributed by atoms with Gasteiger partial charge in [0.15, 0.2) is 0 Å². The molecule has 0 aromatic rings. The molecule has 1 unspecified atom stereocenters. The molecule has 46 valence electrons. The molecule has 0 aromatic carbocycles. The van der Waals surface area contributed by atoms with E-state index in [9.17, 15) is 10.1 Å². The Morgan fingerprint density at radius 1 is 1.75 bits per heavy atom. The standard InChI is InChI=1S/C2H6N4O2/c7-6(8)2-3-1-4-5-2/h2-5H,1H2. The van der Waals surface area contributed by atoms with Gasteiger partial charge in [0, 0.05) is 0 Å². The van der Waals surface area contributed by atoms with Gasteiger partial charge in [-0.25, -0.2) is 10.7 Å². The number of nitrogens with zero attached hydrogens (tertiary/aromatic N) is 1. The number of nitrogens with one attached hydrogen (secondary N) is 3. The number of hydrogen-bond donors (Lipinski definition) is 3. The first-order chi connectivity index (χ1) is 3.80. The van der Waals surface area contributed by atoms with Crippen LogP contribution in [0.2, 0.25) is 0 Å². The molecule has 0 spiro atoms. The quantitative estimate of drug-likeness (QED) is 0.279. The third-order valence-corrected chi connectivity index (χ3v) is 0.833. The Labute approximate surface area is 45.4 Å². The fraction of sp³-hybridized carbons (Fsp3) is 1.00. The first kappa shape index (κ1) is 5.42. The minimum absolute atomic E-state index is 0.436. The molecule has 0 amide bonds. The molecule has 8 heavy (non-hydrogen) atoms. The molecule has 1 rings (SSSR count). The monoisotopic (exact) mass is 118 g/mol. The van der Waals surface area contributed by atoms with Gasteiger partial charge < -0.3 is 0 Å². The molecule has 1 aliphatic heterocycles. The van der Waals surface area contributed by atoms with Crippen molar-refractivity contribution in [3.63, 3.8) is 0 Å². The van der Waals surface area contributed by atoms with Gasteiger partial charge in [0.2, 0.25) is 0 Å². The van der Waals surface area contributed by atoms with Crippen molar-refractivity contribution in [2.24, 2.45) is 0 Å². The van der Waals surface area contributed by atoms with Crippen molar-refractivity contribution in [2.75, 3.05) is 6.67 Å². The molecule has 6 heteroatoms. The smallest absolute Gasteiger partial charge is 0.261 e. The summed E-state index contributed by atoms with van der Waals surface area (Å²) < 4.78 is 0. The summed E-state index contributed by atoms with van der Waals surface area (Å²) in [6, 6.07) is 0. The average molecular weight is 118 g/mol. The summed E-state index contributed by atoms with van der Waals surface area (Å²) in [4.78, 5) is 9.40. The minimum atomic E-state index is -0.824. The van der Waals surface area contributed by atoms with E-state index in [0.717, 1.165) is 0 Å². The largest absolute Gasteiger partial charge is 0.336 e. The van der Waals surface area contributed by atoms with Crippen LogP contribution >= 0.6 is 0 Å². The molecule has 1 atom stereocenters. The molecule has 1 heterocycles. The molecule has 0 bridgehead atoms. The van der Waals surface area contributed by atoms with Gasteiger partial charge in [-0.3, -0.25) is 10.1 Å². The molecule has 1 fully saturated rings. The molecule has 1 saturated heterocycles. The zero-order valence-corrected chi connectivity index (χ0v) is 4.05. The number of hydrazine groups is 1. The van der Waals surface area contributed by atoms with Gasteiger partial charge in [0.25, 0.3) is 0 Å². The third kappa shape index (κ3) is 0.915. The topological polar surface area (TPSA) is 79.2 Å². The highest BCUT2D eigenvalue weighted by atomic mass is 16.6. The molecule has 0 radical (unpaired) electrons. The van der Waals surface area contributed by atoms with Crippen LogP contribution in [0.15, 0.2) is 0 Å². The molecule has 0 aromatic heterocycles. The van der Waals surface area contributed by atoms with Gasteiger partial charge >= 0.3 is 6.29 Å². The van der Waals surface area contributed by atoms with E-state index in [-0.39, 0.29) is 0 Å². The number of hydrogen-bond acceptors (Lipinski definition) is 5. The van der Waals surface area contributed by atoms with Crippen molar-refractivity contribution in [3.8, 4) is 0 Å². The lowest BCUT2D eigenvalue weighted by Gasteiger charge is -1.96. The minimum Gasteiger partial charge on any atom is -0.261 e. The lowest BCUT2D eigenvalue weighted by molar-refractivity contribution is -0.532. The SMILES string of the molecule is O=[N+]([O-])C1NCNN1. The van der Waals surface area contributed by atoms with Crippen molar-refractivity contribution in [1.82, 2.24) is 16.2 Å². The van der Waals surface area contributed by atoms with E-state index in [1.165, 1.54) is 0 Å². The Morgan fingerprint density at radius 3 is 2.75 bits per heavy atom. The summed E-state index contributed by atoms with van der Waals surface area (Å²) in [5.74, 6) is 0. The summed E-state index contributed by atoms with van der Waals surface area (Å²) in [6.45, 7) is 0.436. The second-order valence-corrected chi connectivity index (χ2v) is 1.39. The molecule has 0 aliphatic carbocycles. The first-order valence-corrected chi connectivity index (χ1v) is 2.16. The van der Waals surface area contributed by atoms with Crippen molar-refractivity contribution in [1.29, 1.82) is 0 Å². The van der Waals surface area contributed by atoms with Crippen LogP contribution in [-0.2, 0) is 0 Å². The van der Waals surface area contributed by atoms with Crippen molar-refractivity contribution in [2.45, 2.75) is 6.29 Å². The fourth-order valence-electron chi connectivity index (χ4n) is 0.474. The Kier molecular flexibility index (Phi) is 1.38. The Balaban J connectivity index is 2.35. The number of rotatable bonds is 1. The van der Waals surface area contributed by atoms with Crippen molar-refractivity contribution < 1.29 is 4.92 Å². The molecular weight excluding hydrogens is 112 g/mol. The first-order valence-electron chi connectivity index (χ1n) is 2.16. The Bertz CT molecular complexity index is 98.2. The van der Waals surface area contributed by atoms with Gasteiger partial charge in [-0.15, -0.1) is 0 Å². The summed E-state index contributed by atoms with van der Waals surface area (Å²) in [6.07, 6.45) is -0.824. The van der Waals surface area contributed by atoms with E-state index >= 15 is 0 Å². The predicted molar refractivity (Wildman–Crippen MR) is 25.1 cm³/mol. The van der Waals surface area contributed by atoms with Crippen LogP contribution in [-0.4, -0.2) is 17.9 Å². The zero-order chi connectivity index (χ0) is 5.98. The van der Waals surface area contributed by atoms with Gasteiger partial charge in [-0.05, 0) is 0 Å². The molecule has 6 nitrogen and oxygen atoms in total. The summed E-state index contributed by atoms with van der Waals surface area (Å²) in [7, 11) is 0. The fourth-order valence-corrected chi connectivity index (χ4v) is 0.474. The summed E-state index contributed by atoms with van der Waals surface area (Å²) >= 11 is 0. The zero-order valence-electron chi connectivity index (χ0n) is 4.05. The maximum absolute atomic E-state index is 9.84. The van der Waals surface area contributed by atoms with Crippen LogP contribution in [0.25, 0.3) is 0 Å². The second kappa shape index (κ2) is 2.03. The highest BCUT2D eigenvalue weighted by Gasteiger charge is 2.21. The summed E-state index contributed by atoms with van der Waals surface area (Å²) in [5.41, 5.74) is 4.95. The molecule has 0 saturated carbocycles. The van der Waals surface area contributed by atoms with E-state index in [1.54, 1.807) is 0 Å². The highest BCUT2D eigenvalue weighted by Crippen LogP contribution is 1.79. The van der Waals surface area contributed by atoms with Crippen LogP contribution in [0, 0.1) is 10.1 Å². The van der Waals surface area contributed by atoms with E-state index in [2.05, 4.69) is 16.2 Å². The van der Waals surface area contributed by atoms with E-state index in [1.807, 2.05) is 0 Å². The lowest BCUT2D eigenvalue weighted by Crippen LogP contribution is -2.40. The van der Waals surface area contributed by atoms with E-state index in [4.69, 9.17) is 0 Å². The third-order valence-electron chi connectivity index (χ3n) is 0.833. The molecule has 3 N–H and O–H groups in total. The lowest BCUT2D eigenvalue weighted by atomic mass is 10.9. The van der Waals surface area contributed by atoms with Gasteiger partial charge in [0.05, 0.1) is 11.6 Å². The van der Waals surface area contributed by atoms with Gasteiger partial charge in [0.1, 0.15) is 0 Å². The average Bonchev–Trinajstić information content (AvgIpc) is 2.12. The van der Waals surface area contributed by atoms with Crippen LogP contribution in [0.4, 0.5) is 0 Å². The predicted octanol–water partition coefficient (Wildman–Crippen LogP) is -1.80. The molecular formula is C2H6N4O2. The van der Waals surface area contributed by atoms with Crippen LogP contribution in [0.3, 0.4) is 0 Å². The summed E-state index contributed by atoms with van der Waals surface area (Å²) in [5, 5.41) is 12.4. The molecule has 1 aliphatic rings. The van der Waals surface area contributed by atoms with Gasteiger partial charge in [-0.2, -0.15) is 5.43 Å².